The predicted molar refractivity (Wildman–Crippen MR) is 81.7 cm³/mol. The average molecular weight is 271 g/mol. The van der Waals surface area contributed by atoms with Crippen molar-refractivity contribution in [2.45, 2.75) is 33.2 Å². The van der Waals surface area contributed by atoms with Gasteiger partial charge in [-0.05, 0) is 46.2 Å². The zero-order valence-electron chi connectivity index (χ0n) is 13.3. The standard InChI is InChI=1S/C15H33N3O/c1-5-17(6-2)9-8-10-18(7-3)11-14-12-19-13-15(14)16-4/h14-16H,5-13H2,1-4H3. The smallest absolute Gasteiger partial charge is 0.0623 e. The van der Waals surface area contributed by atoms with Crippen molar-refractivity contribution in [3.8, 4) is 0 Å². The summed E-state index contributed by atoms with van der Waals surface area (Å²) >= 11 is 0. The summed E-state index contributed by atoms with van der Waals surface area (Å²) < 4.78 is 5.59. The maximum atomic E-state index is 5.59. The minimum atomic E-state index is 0.539. The van der Waals surface area contributed by atoms with Gasteiger partial charge in [0.2, 0.25) is 0 Å². The quantitative estimate of drug-likeness (QED) is 0.648. The van der Waals surface area contributed by atoms with Crippen LogP contribution in [0.1, 0.15) is 27.2 Å². The number of nitrogens with one attached hydrogen (secondary N) is 1. The fourth-order valence-electron chi connectivity index (χ4n) is 2.87. The Kier molecular flexibility index (Phi) is 8.62. The number of hydrogen-bond donors (Lipinski definition) is 1. The van der Waals surface area contributed by atoms with E-state index in [0.29, 0.717) is 12.0 Å². The first kappa shape index (κ1) is 16.9. The molecular formula is C15H33N3O. The highest BCUT2D eigenvalue weighted by atomic mass is 16.5. The molecule has 0 saturated carbocycles. The molecule has 0 aromatic heterocycles. The van der Waals surface area contributed by atoms with E-state index in [1.807, 2.05) is 7.05 Å². The molecule has 1 aliphatic rings. The highest BCUT2D eigenvalue weighted by molar-refractivity contribution is 4.82. The molecule has 2 unspecified atom stereocenters. The lowest BCUT2D eigenvalue weighted by atomic mass is 10.0. The van der Waals surface area contributed by atoms with Gasteiger partial charge in [-0.1, -0.05) is 20.8 Å². The van der Waals surface area contributed by atoms with E-state index in [4.69, 9.17) is 4.74 Å². The maximum absolute atomic E-state index is 5.59. The fourth-order valence-corrected chi connectivity index (χ4v) is 2.87. The van der Waals surface area contributed by atoms with Gasteiger partial charge in [0, 0.05) is 18.5 Å². The second kappa shape index (κ2) is 9.70. The molecule has 0 radical (unpaired) electrons. The second-order valence-corrected chi connectivity index (χ2v) is 5.47. The van der Waals surface area contributed by atoms with Gasteiger partial charge < -0.3 is 19.9 Å². The highest BCUT2D eigenvalue weighted by Crippen LogP contribution is 2.15. The summed E-state index contributed by atoms with van der Waals surface area (Å²) in [5, 5.41) is 3.38. The fraction of sp³-hybridized carbons (Fsp3) is 1.00. The van der Waals surface area contributed by atoms with E-state index in [2.05, 4.69) is 35.9 Å². The van der Waals surface area contributed by atoms with Crippen molar-refractivity contribution in [1.29, 1.82) is 0 Å². The third kappa shape index (κ3) is 5.78. The molecule has 2 atom stereocenters. The van der Waals surface area contributed by atoms with Crippen molar-refractivity contribution >= 4 is 0 Å². The molecular weight excluding hydrogens is 238 g/mol. The van der Waals surface area contributed by atoms with Crippen LogP contribution in [0.4, 0.5) is 0 Å². The summed E-state index contributed by atoms with van der Waals surface area (Å²) in [5.74, 6) is 0.651. The molecule has 19 heavy (non-hydrogen) atoms. The van der Waals surface area contributed by atoms with Crippen LogP contribution in [-0.4, -0.2) is 75.4 Å². The van der Waals surface area contributed by atoms with E-state index in [1.165, 1.54) is 39.1 Å². The Morgan fingerprint density at radius 2 is 1.63 bits per heavy atom. The number of rotatable bonds is 10. The number of hydrogen-bond acceptors (Lipinski definition) is 4. The Morgan fingerprint density at radius 1 is 1.00 bits per heavy atom. The lowest BCUT2D eigenvalue weighted by Crippen LogP contribution is -2.41. The van der Waals surface area contributed by atoms with Crippen molar-refractivity contribution in [3.05, 3.63) is 0 Å². The van der Waals surface area contributed by atoms with Gasteiger partial charge in [0.1, 0.15) is 0 Å². The first-order chi connectivity index (χ1) is 9.24. The third-order valence-corrected chi connectivity index (χ3v) is 4.35. The minimum Gasteiger partial charge on any atom is -0.379 e. The van der Waals surface area contributed by atoms with Crippen LogP contribution in [0.3, 0.4) is 0 Å². The minimum absolute atomic E-state index is 0.539. The topological polar surface area (TPSA) is 27.7 Å². The summed E-state index contributed by atoms with van der Waals surface area (Å²) in [6, 6.07) is 0.539. The highest BCUT2D eigenvalue weighted by Gasteiger charge is 2.27. The zero-order valence-corrected chi connectivity index (χ0v) is 13.3. The van der Waals surface area contributed by atoms with Crippen LogP contribution >= 0.6 is 0 Å². The van der Waals surface area contributed by atoms with Crippen LogP contribution in [0, 0.1) is 5.92 Å². The van der Waals surface area contributed by atoms with Crippen LogP contribution in [-0.2, 0) is 4.74 Å². The number of nitrogens with zero attached hydrogens (tertiary/aromatic N) is 2. The van der Waals surface area contributed by atoms with Crippen molar-refractivity contribution in [3.63, 3.8) is 0 Å². The Bertz CT molecular complexity index is 221. The summed E-state index contributed by atoms with van der Waals surface area (Å²) in [4.78, 5) is 5.08. The molecule has 0 aliphatic carbocycles. The van der Waals surface area contributed by atoms with Gasteiger partial charge in [-0.15, -0.1) is 0 Å². The molecule has 1 fully saturated rings. The van der Waals surface area contributed by atoms with Crippen LogP contribution < -0.4 is 5.32 Å². The SMILES string of the molecule is CCN(CC)CCCN(CC)CC1COCC1NC. The van der Waals surface area contributed by atoms with Crippen LogP contribution in [0.2, 0.25) is 0 Å². The summed E-state index contributed by atoms with van der Waals surface area (Å²) in [6.45, 7) is 15.6. The second-order valence-electron chi connectivity index (χ2n) is 5.47. The van der Waals surface area contributed by atoms with E-state index >= 15 is 0 Å². The molecule has 0 aromatic rings. The molecule has 0 aromatic carbocycles. The maximum Gasteiger partial charge on any atom is 0.0623 e. The lowest BCUT2D eigenvalue weighted by molar-refractivity contribution is 0.166. The van der Waals surface area contributed by atoms with Gasteiger partial charge in [-0.25, -0.2) is 0 Å². The largest absolute Gasteiger partial charge is 0.379 e. The number of likely N-dealkylation sites (N-methyl/N-ethyl adjacent to an activating group) is 1. The Hall–Kier alpha value is -0.160. The van der Waals surface area contributed by atoms with E-state index in [1.54, 1.807) is 0 Å². The van der Waals surface area contributed by atoms with E-state index in [9.17, 15) is 0 Å². The van der Waals surface area contributed by atoms with E-state index in [0.717, 1.165) is 19.8 Å². The van der Waals surface area contributed by atoms with Crippen molar-refractivity contribution < 1.29 is 4.74 Å². The van der Waals surface area contributed by atoms with Gasteiger partial charge >= 0.3 is 0 Å². The Morgan fingerprint density at radius 3 is 2.21 bits per heavy atom. The molecule has 4 nitrogen and oxygen atoms in total. The normalized spacial score (nSPS) is 23.7. The molecule has 0 bridgehead atoms. The average Bonchev–Trinajstić information content (AvgIpc) is 2.89. The van der Waals surface area contributed by atoms with Crippen LogP contribution in [0.15, 0.2) is 0 Å². The first-order valence-corrected chi connectivity index (χ1v) is 7.94. The molecule has 1 N–H and O–H groups in total. The van der Waals surface area contributed by atoms with Crippen molar-refractivity contribution in [1.82, 2.24) is 15.1 Å². The van der Waals surface area contributed by atoms with Gasteiger partial charge in [0.25, 0.3) is 0 Å². The van der Waals surface area contributed by atoms with Crippen molar-refractivity contribution in [2.75, 3.05) is 59.5 Å². The van der Waals surface area contributed by atoms with Gasteiger partial charge in [-0.2, -0.15) is 0 Å². The molecule has 0 spiro atoms. The van der Waals surface area contributed by atoms with Crippen LogP contribution in [0.25, 0.3) is 0 Å². The zero-order chi connectivity index (χ0) is 14.1. The molecule has 1 saturated heterocycles. The summed E-state index contributed by atoms with van der Waals surface area (Å²) in [7, 11) is 2.04. The predicted octanol–water partition coefficient (Wildman–Crippen LogP) is 1.27. The van der Waals surface area contributed by atoms with E-state index < -0.39 is 0 Å². The van der Waals surface area contributed by atoms with Gasteiger partial charge in [-0.3, -0.25) is 0 Å². The Labute approximate surface area is 119 Å². The van der Waals surface area contributed by atoms with Gasteiger partial charge in [0.05, 0.1) is 13.2 Å². The molecule has 1 rings (SSSR count). The summed E-state index contributed by atoms with van der Waals surface area (Å²) in [5.41, 5.74) is 0. The molecule has 0 amide bonds. The number of ether oxygens (including phenoxy) is 1. The molecule has 114 valence electrons. The lowest BCUT2D eigenvalue weighted by Gasteiger charge is -2.27. The van der Waals surface area contributed by atoms with Crippen molar-refractivity contribution in [2.24, 2.45) is 5.92 Å². The Balaban J connectivity index is 2.25. The third-order valence-electron chi connectivity index (χ3n) is 4.35. The van der Waals surface area contributed by atoms with E-state index in [-0.39, 0.29) is 0 Å². The molecule has 4 heteroatoms. The summed E-state index contributed by atoms with van der Waals surface area (Å²) in [6.07, 6.45) is 1.27. The first-order valence-electron chi connectivity index (χ1n) is 7.94. The van der Waals surface area contributed by atoms with Crippen LogP contribution in [0.5, 0.6) is 0 Å². The monoisotopic (exact) mass is 271 g/mol. The van der Waals surface area contributed by atoms with Gasteiger partial charge in [0.15, 0.2) is 0 Å². The molecule has 1 heterocycles. The molecule has 1 aliphatic heterocycles.